The summed E-state index contributed by atoms with van der Waals surface area (Å²) in [5, 5.41) is 11.7. The maximum absolute atomic E-state index is 12.6. The van der Waals surface area contributed by atoms with Gasteiger partial charge >= 0.3 is 12.1 Å². The molecule has 2 N–H and O–H groups in total. The quantitative estimate of drug-likeness (QED) is 0.642. The average molecular weight is 405 g/mol. The summed E-state index contributed by atoms with van der Waals surface area (Å²) in [6.07, 6.45) is 4.00. The largest absolute Gasteiger partial charge is 0.480 e. The number of rotatable bonds is 8. The van der Waals surface area contributed by atoms with Crippen LogP contribution < -0.4 is 10.2 Å². The van der Waals surface area contributed by atoms with Gasteiger partial charge in [-0.1, -0.05) is 19.9 Å². The van der Waals surface area contributed by atoms with Crippen molar-refractivity contribution < 1.29 is 24.2 Å². The number of amides is 2. The van der Waals surface area contributed by atoms with Crippen LogP contribution >= 0.6 is 0 Å². The van der Waals surface area contributed by atoms with Gasteiger partial charge in [0.15, 0.2) is 0 Å². The normalized spacial score (nSPS) is 12.7. The summed E-state index contributed by atoms with van der Waals surface area (Å²) in [5.41, 5.74) is 0.231. The lowest BCUT2D eigenvalue weighted by molar-refractivity contribution is -0.141. The zero-order valence-corrected chi connectivity index (χ0v) is 17.9. The van der Waals surface area contributed by atoms with E-state index in [2.05, 4.69) is 10.3 Å². The van der Waals surface area contributed by atoms with E-state index in [1.54, 1.807) is 39.1 Å². The van der Waals surface area contributed by atoms with Crippen molar-refractivity contribution in [3.05, 3.63) is 36.0 Å². The van der Waals surface area contributed by atoms with Gasteiger partial charge in [-0.05, 0) is 57.7 Å². The number of carboxylic acid groups (broad SMARTS) is 1. The monoisotopic (exact) mass is 405 g/mol. The summed E-state index contributed by atoms with van der Waals surface area (Å²) in [7, 11) is 0. The van der Waals surface area contributed by atoms with Crippen LogP contribution in [0.15, 0.2) is 30.5 Å². The number of carbonyl (C=O) groups excluding carboxylic acids is 2. The maximum atomic E-state index is 12.6. The number of ether oxygens (including phenoxy) is 1. The van der Waals surface area contributed by atoms with E-state index in [1.165, 1.54) is 17.1 Å². The lowest BCUT2D eigenvalue weighted by atomic mass is 10.0. The first-order chi connectivity index (χ1) is 13.4. The van der Waals surface area contributed by atoms with Crippen molar-refractivity contribution >= 4 is 23.8 Å². The second-order valence-corrected chi connectivity index (χ2v) is 8.21. The molecule has 0 saturated carbocycles. The van der Waals surface area contributed by atoms with Gasteiger partial charge in [0.05, 0.1) is 0 Å². The van der Waals surface area contributed by atoms with Crippen molar-refractivity contribution in [3.63, 3.8) is 0 Å². The van der Waals surface area contributed by atoms with Gasteiger partial charge in [-0.15, -0.1) is 0 Å². The van der Waals surface area contributed by atoms with E-state index in [9.17, 15) is 19.5 Å². The van der Waals surface area contributed by atoms with Gasteiger partial charge in [-0.25, -0.2) is 14.6 Å². The first-order valence-electron chi connectivity index (χ1n) is 9.52. The number of aromatic nitrogens is 1. The summed E-state index contributed by atoms with van der Waals surface area (Å²) in [6, 6.07) is 2.58. The SMILES string of the molecule is Cc1ccnc(N(C/C=C/C(=O)N[C@@H](CC(C)C)C(=O)O)C(=O)OC(C)(C)C)c1. The molecule has 8 heteroatoms. The fourth-order valence-electron chi connectivity index (χ4n) is 2.42. The lowest BCUT2D eigenvalue weighted by Crippen LogP contribution is -2.41. The van der Waals surface area contributed by atoms with E-state index in [0.717, 1.165) is 5.56 Å². The van der Waals surface area contributed by atoms with Crippen molar-refractivity contribution in [2.75, 3.05) is 11.4 Å². The topological polar surface area (TPSA) is 109 Å². The minimum atomic E-state index is -1.08. The molecule has 0 saturated heterocycles. The van der Waals surface area contributed by atoms with Gasteiger partial charge in [0.2, 0.25) is 5.91 Å². The summed E-state index contributed by atoms with van der Waals surface area (Å²) >= 11 is 0. The van der Waals surface area contributed by atoms with Crippen molar-refractivity contribution in [1.29, 1.82) is 0 Å². The van der Waals surface area contributed by atoms with Crippen LogP contribution in [0.25, 0.3) is 0 Å². The average Bonchev–Trinajstić information content (AvgIpc) is 2.56. The highest BCUT2D eigenvalue weighted by Gasteiger charge is 2.24. The lowest BCUT2D eigenvalue weighted by Gasteiger charge is -2.26. The molecule has 1 aromatic heterocycles. The number of nitrogens with zero attached hydrogens (tertiary/aromatic N) is 2. The maximum Gasteiger partial charge on any atom is 0.416 e. The van der Waals surface area contributed by atoms with Crippen molar-refractivity contribution in [2.45, 2.75) is 59.6 Å². The summed E-state index contributed by atoms with van der Waals surface area (Å²) in [4.78, 5) is 41.5. The van der Waals surface area contributed by atoms with Crippen LogP contribution in [0.4, 0.5) is 10.6 Å². The molecule has 29 heavy (non-hydrogen) atoms. The number of aliphatic carboxylic acids is 1. The molecule has 8 nitrogen and oxygen atoms in total. The van der Waals surface area contributed by atoms with Crippen molar-refractivity contribution in [3.8, 4) is 0 Å². The number of pyridine rings is 1. The molecule has 0 aliphatic heterocycles. The minimum Gasteiger partial charge on any atom is -0.480 e. The molecule has 1 aromatic rings. The van der Waals surface area contributed by atoms with Crippen LogP contribution in [-0.4, -0.2) is 46.2 Å². The van der Waals surface area contributed by atoms with E-state index in [0.29, 0.717) is 12.2 Å². The number of nitrogens with one attached hydrogen (secondary N) is 1. The Morgan fingerprint density at radius 2 is 1.97 bits per heavy atom. The van der Waals surface area contributed by atoms with Crippen LogP contribution in [-0.2, 0) is 14.3 Å². The third kappa shape index (κ3) is 9.23. The Kier molecular flexibility index (Phi) is 8.82. The van der Waals surface area contributed by atoms with Gasteiger partial charge in [0.25, 0.3) is 0 Å². The number of carbonyl (C=O) groups is 3. The third-order valence-corrected chi connectivity index (χ3v) is 3.67. The zero-order chi connectivity index (χ0) is 22.2. The Labute approximate surface area is 172 Å². The molecular weight excluding hydrogens is 374 g/mol. The summed E-state index contributed by atoms with van der Waals surface area (Å²) < 4.78 is 5.43. The van der Waals surface area contributed by atoms with Gasteiger partial charge in [-0.2, -0.15) is 0 Å². The van der Waals surface area contributed by atoms with E-state index in [4.69, 9.17) is 4.74 Å². The molecule has 160 valence electrons. The standard InChI is InChI=1S/C21H31N3O5/c1-14(2)12-16(19(26)27)23-18(25)8-7-11-24(20(28)29-21(4,5)6)17-13-15(3)9-10-22-17/h7-10,13-14,16H,11-12H2,1-6H3,(H,23,25)(H,26,27)/b8-7+/t16-/m0/s1. The molecule has 0 aliphatic rings. The van der Waals surface area contributed by atoms with Crippen molar-refractivity contribution in [2.24, 2.45) is 5.92 Å². The molecule has 2 amide bonds. The molecule has 0 aromatic carbocycles. The highest BCUT2D eigenvalue weighted by molar-refractivity contribution is 5.92. The predicted molar refractivity (Wildman–Crippen MR) is 111 cm³/mol. The first-order valence-corrected chi connectivity index (χ1v) is 9.52. The molecular formula is C21H31N3O5. The summed E-state index contributed by atoms with van der Waals surface area (Å²) in [5.74, 6) is -1.11. The van der Waals surface area contributed by atoms with Gasteiger partial charge in [0.1, 0.15) is 17.5 Å². The van der Waals surface area contributed by atoms with Gasteiger partial charge in [-0.3, -0.25) is 9.69 Å². The van der Waals surface area contributed by atoms with E-state index in [1.807, 2.05) is 20.8 Å². The second kappa shape index (κ2) is 10.6. The van der Waals surface area contributed by atoms with E-state index in [-0.39, 0.29) is 12.5 Å². The van der Waals surface area contributed by atoms with Crippen LogP contribution in [0.2, 0.25) is 0 Å². The number of carboxylic acids is 1. The molecule has 0 radical (unpaired) electrons. The van der Waals surface area contributed by atoms with Crippen LogP contribution in [0.1, 0.15) is 46.6 Å². The molecule has 0 aliphatic carbocycles. The molecule has 0 bridgehead atoms. The zero-order valence-electron chi connectivity index (χ0n) is 17.9. The van der Waals surface area contributed by atoms with Crippen molar-refractivity contribution in [1.82, 2.24) is 10.3 Å². The van der Waals surface area contributed by atoms with Gasteiger partial charge in [0, 0.05) is 18.8 Å². The Balaban J connectivity index is 2.89. The number of hydrogen-bond donors (Lipinski definition) is 2. The minimum absolute atomic E-state index is 0.0424. The van der Waals surface area contributed by atoms with E-state index >= 15 is 0 Å². The highest BCUT2D eigenvalue weighted by atomic mass is 16.6. The van der Waals surface area contributed by atoms with Gasteiger partial charge < -0.3 is 15.2 Å². The highest BCUT2D eigenvalue weighted by Crippen LogP contribution is 2.17. The van der Waals surface area contributed by atoms with Crippen LogP contribution in [0.3, 0.4) is 0 Å². The Morgan fingerprint density at radius 3 is 2.48 bits per heavy atom. The molecule has 1 heterocycles. The van der Waals surface area contributed by atoms with E-state index < -0.39 is 29.6 Å². The van der Waals surface area contributed by atoms with Crippen LogP contribution in [0, 0.1) is 12.8 Å². The fourth-order valence-corrected chi connectivity index (χ4v) is 2.42. The Bertz CT molecular complexity index is 753. The number of anilines is 1. The predicted octanol–water partition coefficient (Wildman–Crippen LogP) is 3.30. The second-order valence-electron chi connectivity index (χ2n) is 8.21. The fraction of sp³-hybridized carbons (Fsp3) is 0.524. The smallest absolute Gasteiger partial charge is 0.416 e. The Hall–Kier alpha value is -2.90. The first kappa shape index (κ1) is 24.1. The molecule has 0 unspecified atom stereocenters. The third-order valence-electron chi connectivity index (χ3n) is 3.67. The molecule has 1 atom stereocenters. The number of aryl methyl sites for hydroxylation is 1. The summed E-state index contributed by atoms with van der Waals surface area (Å²) in [6.45, 7) is 11.0. The molecule has 0 spiro atoms. The Morgan fingerprint density at radius 1 is 1.31 bits per heavy atom. The number of hydrogen-bond acceptors (Lipinski definition) is 5. The molecule has 0 fully saturated rings. The van der Waals surface area contributed by atoms with Crippen LogP contribution in [0.5, 0.6) is 0 Å². The molecule has 1 rings (SSSR count).